The number of aliphatic hydroxyl groups excluding tert-OH is 1. The number of carbonyl (C=O) groups is 1. The van der Waals surface area contributed by atoms with E-state index in [-0.39, 0.29) is 12.3 Å². The van der Waals surface area contributed by atoms with Gasteiger partial charge in [-0.15, -0.1) is 13.2 Å². The van der Waals surface area contributed by atoms with Gasteiger partial charge in [-0.1, -0.05) is 19.4 Å². The Kier molecular flexibility index (Phi) is 6.04. The van der Waals surface area contributed by atoms with E-state index in [0.717, 1.165) is 18.6 Å². The summed E-state index contributed by atoms with van der Waals surface area (Å²) in [6, 6.07) is 4.33. The topological polar surface area (TPSA) is 70.6 Å². The van der Waals surface area contributed by atoms with Crippen LogP contribution in [0.3, 0.4) is 0 Å². The Morgan fingerprint density at radius 1 is 1.36 bits per heavy atom. The Morgan fingerprint density at radius 3 is 2.59 bits per heavy atom. The summed E-state index contributed by atoms with van der Waals surface area (Å²) in [4.78, 5) is 11.9. The fourth-order valence-corrected chi connectivity index (χ4v) is 1.94. The number of anilines is 1. The van der Waals surface area contributed by atoms with E-state index in [1.54, 1.807) is 6.92 Å². The highest BCUT2D eigenvalue weighted by Crippen LogP contribution is 2.25. The van der Waals surface area contributed by atoms with Crippen LogP contribution in [0.1, 0.15) is 26.7 Å². The molecule has 0 bridgehead atoms. The second kappa shape index (κ2) is 7.35. The maximum absolute atomic E-state index is 12.1. The lowest BCUT2D eigenvalue weighted by atomic mass is 9.98. The predicted molar refractivity (Wildman–Crippen MR) is 75.7 cm³/mol. The molecule has 0 heterocycles. The van der Waals surface area contributed by atoms with Gasteiger partial charge in [0.15, 0.2) is 0 Å². The fraction of sp³-hybridized carbons (Fsp3) is 0.500. The average molecular weight is 320 g/mol. The van der Waals surface area contributed by atoms with E-state index in [0.29, 0.717) is 6.42 Å². The highest BCUT2D eigenvalue weighted by molar-refractivity contribution is 5.89. The summed E-state index contributed by atoms with van der Waals surface area (Å²) in [5, 5.41) is 14.3. The van der Waals surface area contributed by atoms with Crippen molar-refractivity contribution in [3.63, 3.8) is 0 Å². The van der Waals surface area contributed by atoms with E-state index in [2.05, 4.69) is 15.4 Å². The molecule has 0 fully saturated rings. The molecule has 1 atom stereocenters. The second-order valence-electron chi connectivity index (χ2n) is 5.12. The van der Waals surface area contributed by atoms with Crippen molar-refractivity contribution in [1.82, 2.24) is 5.32 Å². The summed E-state index contributed by atoms with van der Waals surface area (Å²) in [5.41, 5.74) is -0.644. The molecule has 0 saturated carbocycles. The Balaban J connectivity index is 2.70. The summed E-state index contributed by atoms with van der Waals surface area (Å²) in [5.74, 6) is -0.427. The maximum Gasteiger partial charge on any atom is 0.573 e. The summed E-state index contributed by atoms with van der Waals surface area (Å²) in [7, 11) is 0. The molecule has 0 radical (unpaired) electrons. The predicted octanol–water partition coefficient (Wildman–Crippen LogP) is 3.26. The first-order chi connectivity index (χ1) is 10.2. The third kappa shape index (κ3) is 6.21. The van der Waals surface area contributed by atoms with Gasteiger partial charge in [-0.2, -0.15) is 0 Å². The molecule has 1 rings (SSSR count). The number of hydrogen-bond donors (Lipinski definition) is 3. The summed E-state index contributed by atoms with van der Waals surface area (Å²) in [6.45, 7) is 3.34. The molecule has 1 aromatic carbocycles. The number of nitrogens with one attached hydrogen (secondary N) is 2. The van der Waals surface area contributed by atoms with Crippen LogP contribution < -0.4 is 15.4 Å². The van der Waals surface area contributed by atoms with E-state index in [1.165, 1.54) is 12.1 Å². The molecule has 1 unspecified atom stereocenters. The molecule has 0 aliphatic rings. The van der Waals surface area contributed by atoms with Crippen LogP contribution in [0.5, 0.6) is 5.75 Å². The average Bonchev–Trinajstić information content (AvgIpc) is 2.37. The zero-order valence-electron chi connectivity index (χ0n) is 12.3. The minimum Gasteiger partial charge on any atom is -0.406 e. The normalized spacial score (nSPS) is 14.1. The molecule has 0 spiro atoms. The van der Waals surface area contributed by atoms with Crippen molar-refractivity contribution in [2.24, 2.45) is 0 Å². The molecule has 2 amide bonds. The first kappa shape index (κ1) is 18.1. The maximum atomic E-state index is 12.1. The van der Waals surface area contributed by atoms with Crippen molar-refractivity contribution >= 4 is 11.7 Å². The number of rotatable bonds is 6. The Bertz CT molecular complexity index is 508. The zero-order valence-corrected chi connectivity index (χ0v) is 12.3. The molecule has 0 saturated heterocycles. The number of hydrogen-bond acceptors (Lipinski definition) is 3. The lowest BCUT2D eigenvalue weighted by molar-refractivity contribution is -0.274. The van der Waals surface area contributed by atoms with E-state index in [4.69, 9.17) is 0 Å². The molecule has 0 aliphatic heterocycles. The van der Waals surface area contributed by atoms with Gasteiger partial charge in [0, 0.05) is 11.8 Å². The lowest BCUT2D eigenvalue weighted by Gasteiger charge is -2.28. The van der Waals surface area contributed by atoms with E-state index >= 15 is 0 Å². The van der Waals surface area contributed by atoms with Gasteiger partial charge in [0.25, 0.3) is 0 Å². The number of amides is 2. The highest BCUT2D eigenvalue weighted by atomic mass is 19.4. The van der Waals surface area contributed by atoms with Gasteiger partial charge < -0.3 is 20.5 Å². The first-order valence-electron chi connectivity index (χ1n) is 6.73. The third-order valence-electron chi connectivity index (χ3n) is 2.89. The number of benzene rings is 1. The van der Waals surface area contributed by atoms with E-state index in [9.17, 15) is 23.1 Å². The molecule has 3 N–H and O–H groups in total. The number of alkyl halides is 3. The molecule has 0 aromatic heterocycles. The van der Waals surface area contributed by atoms with Gasteiger partial charge >= 0.3 is 12.4 Å². The standard InChI is InChI=1S/C14H19F3N2O3/c1-3-7-13(2,9-20)19-12(21)18-10-5-4-6-11(8-10)22-14(15,16)17/h4-6,8,20H,3,7,9H2,1-2H3,(H2,18,19,21). The molecule has 0 aliphatic carbocycles. The minimum absolute atomic E-state index is 0.149. The van der Waals surface area contributed by atoms with Crippen LogP contribution in [0.15, 0.2) is 24.3 Å². The quantitative estimate of drug-likeness (QED) is 0.753. The number of carbonyl (C=O) groups excluding carboxylic acids is 1. The third-order valence-corrected chi connectivity index (χ3v) is 2.89. The van der Waals surface area contributed by atoms with E-state index < -0.39 is 23.7 Å². The number of ether oxygens (including phenoxy) is 1. The summed E-state index contributed by atoms with van der Waals surface area (Å²) < 4.78 is 40.2. The van der Waals surface area contributed by atoms with Crippen molar-refractivity contribution in [2.75, 3.05) is 11.9 Å². The van der Waals surface area contributed by atoms with Crippen molar-refractivity contribution in [1.29, 1.82) is 0 Å². The van der Waals surface area contributed by atoms with Gasteiger partial charge in [-0.25, -0.2) is 4.79 Å². The van der Waals surface area contributed by atoms with Gasteiger partial charge in [0.2, 0.25) is 0 Å². The zero-order chi connectivity index (χ0) is 16.8. The monoisotopic (exact) mass is 320 g/mol. The Labute approximate surface area is 126 Å². The van der Waals surface area contributed by atoms with Gasteiger partial charge in [0.1, 0.15) is 5.75 Å². The van der Waals surface area contributed by atoms with Gasteiger partial charge in [0.05, 0.1) is 12.1 Å². The SMILES string of the molecule is CCCC(C)(CO)NC(=O)Nc1cccc(OC(F)(F)F)c1. The largest absolute Gasteiger partial charge is 0.573 e. The molecule has 1 aromatic rings. The van der Waals surface area contributed by atoms with Crippen molar-refractivity contribution < 1.29 is 27.8 Å². The molecule has 5 nitrogen and oxygen atoms in total. The van der Waals surface area contributed by atoms with Crippen molar-refractivity contribution in [3.8, 4) is 5.75 Å². The van der Waals surface area contributed by atoms with Crippen LogP contribution in [0, 0.1) is 0 Å². The summed E-state index contributed by atoms with van der Waals surface area (Å²) >= 11 is 0. The first-order valence-corrected chi connectivity index (χ1v) is 6.73. The van der Waals surface area contributed by atoms with Crippen LogP contribution in [0.25, 0.3) is 0 Å². The highest BCUT2D eigenvalue weighted by Gasteiger charge is 2.31. The number of aliphatic hydroxyl groups is 1. The molecule has 8 heteroatoms. The molecular formula is C14H19F3N2O3. The number of urea groups is 1. The fourth-order valence-electron chi connectivity index (χ4n) is 1.94. The molecule has 124 valence electrons. The lowest BCUT2D eigenvalue weighted by Crippen LogP contribution is -2.50. The van der Waals surface area contributed by atoms with Crippen LogP contribution in [0.2, 0.25) is 0 Å². The van der Waals surface area contributed by atoms with Crippen molar-refractivity contribution in [2.45, 2.75) is 38.6 Å². The van der Waals surface area contributed by atoms with Crippen LogP contribution in [0.4, 0.5) is 23.7 Å². The van der Waals surface area contributed by atoms with Gasteiger partial charge in [-0.3, -0.25) is 0 Å². The van der Waals surface area contributed by atoms with Gasteiger partial charge in [-0.05, 0) is 25.5 Å². The minimum atomic E-state index is -4.79. The summed E-state index contributed by atoms with van der Waals surface area (Å²) in [6.07, 6.45) is -3.47. The number of halogens is 3. The molecular weight excluding hydrogens is 301 g/mol. The molecule has 22 heavy (non-hydrogen) atoms. The Hall–Kier alpha value is -1.96. The van der Waals surface area contributed by atoms with Crippen LogP contribution in [-0.4, -0.2) is 29.6 Å². The van der Waals surface area contributed by atoms with Crippen molar-refractivity contribution in [3.05, 3.63) is 24.3 Å². The van der Waals surface area contributed by atoms with Crippen LogP contribution >= 0.6 is 0 Å². The smallest absolute Gasteiger partial charge is 0.406 e. The Morgan fingerprint density at radius 2 is 2.05 bits per heavy atom. The van der Waals surface area contributed by atoms with Crippen LogP contribution in [-0.2, 0) is 0 Å². The van der Waals surface area contributed by atoms with E-state index in [1.807, 2.05) is 6.92 Å². The second-order valence-corrected chi connectivity index (χ2v) is 5.12.